The Kier molecular flexibility index (Phi) is 6.03. The van der Waals surface area contributed by atoms with Crippen LogP contribution in [0.2, 0.25) is 0 Å². The Morgan fingerprint density at radius 3 is 2.76 bits per heavy atom. The number of ether oxygens (including phenoxy) is 2. The molecule has 0 aliphatic carbocycles. The monoisotopic (exact) mass is 513 g/mol. The maximum atomic E-state index is 14.6. The fraction of sp³-hybridized carbons (Fsp3) is 0.286. The van der Waals surface area contributed by atoms with Gasteiger partial charge in [0.25, 0.3) is 0 Å². The van der Waals surface area contributed by atoms with Crippen molar-refractivity contribution in [1.82, 2.24) is 29.7 Å². The molecule has 194 valence electrons. The number of methoxy groups -OCH3 is 1. The average Bonchev–Trinajstić information content (AvgIpc) is 3.51. The zero-order valence-corrected chi connectivity index (χ0v) is 21.7. The Morgan fingerprint density at radius 2 is 2.00 bits per heavy atom. The Labute approximate surface area is 219 Å². The van der Waals surface area contributed by atoms with Crippen LogP contribution in [-0.4, -0.2) is 62.6 Å². The summed E-state index contributed by atoms with van der Waals surface area (Å²) in [6, 6.07) is 10.7. The highest BCUT2D eigenvalue weighted by Crippen LogP contribution is 2.34. The molecular weight excluding hydrogens is 485 g/mol. The summed E-state index contributed by atoms with van der Waals surface area (Å²) in [5.41, 5.74) is 5.48. The smallest absolute Gasteiger partial charge is 0.213 e. The molecular formula is C28H28FN7O2. The highest BCUT2D eigenvalue weighted by molar-refractivity contribution is 5.94. The molecule has 0 unspecified atom stereocenters. The number of aromatic nitrogens is 6. The lowest BCUT2D eigenvalue weighted by molar-refractivity contribution is 0.0985. The van der Waals surface area contributed by atoms with E-state index >= 15 is 0 Å². The number of benzene rings is 1. The lowest BCUT2D eigenvalue weighted by atomic mass is 10.1. The number of anilines is 1. The van der Waals surface area contributed by atoms with Crippen LogP contribution in [0.25, 0.3) is 39.2 Å². The molecule has 1 saturated heterocycles. The molecule has 1 aromatic carbocycles. The summed E-state index contributed by atoms with van der Waals surface area (Å²) in [5, 5.41) is 5.66. The van der Waals surface area contributed by atoms with Crippen LogP contribution in [0.5, 0.6) is 5.88 Å². The maximum Gasteiger partial charge on any atom is 0.213 e. The van der Waals surface area contributed by atoms with E-state index in [-0.39, 0.29) is 11.9 Å². The van der Waals surface area contributed by atoms with Gasteiger partial charge in [-0.2, -0.15) is 5.10 Å². The van der Waals surface area contributed by atoms with Crippen LogP contribution in [0.15, 0.2) is 48.8 Å². The molecule has 1 aliphatic rings. The summed E-state index contributed by atoms with van der Waals surface area (Å²) in [7, 11) is 1.59. The normalized spacial score (nSPS) is 15.8. The van der Waals surface area contributed by atoms with Crippen molar-refractivity contribution in [3.63, 3.8) is 0 Å². The third-order valence-electron chi connectivity index (χ3n) is 6.97. The molecule has 5 heterocycles. The lowest BCUT2D eigenvalue weighted by Crippen LogP contribution is -2.44. The molecule has 1 aliphatic heterocycles. The van der Waals surface area contributed by atoms with Gasteiger partial charge in [-0.25, -0.2) is 24.0 Å². The first kappa shape index (κ1) is 24.1. The summed E-state index contributed by atoms with van der Waals surface area (Å²) in [4.78, 5) is 19.6. The Bertz CT molecular complexity index is 1630. The van der Waals surface area contributed by atoms with E-state index in [1.54, 1.807) is 25.6 Å². The molecule has 0 amide bonds. The zero-order valence-electron chi connectivity index (χ0n) is 21.7. The van der Waals surface area contributed by atoms with E-state index in [1.165, 1.54) is 12.1 Å². The van der Waals surface area contributed by atoms with E-state index in [0.717, 1.165) is 39.5 Å². The van der Waals surface area contributed by atoms with Gasteiger partial charge in [0.2, 0.25) is 5.88 Å². The van der Waals surface area contributed by atoms with Gasteiger partial charge in [-0.15, -0.1) is 0 Å². The minimum absolute atomic E-state index is 0.134. The molecule has 6 rings (SSSR count). The molecule has 9 nitrogen and oxygen atoms in total. The van der Waals surface area contributed by atoms with Crippen LogP contribution in [0.1, 0.15) is 18.3 Å². The van der Waals surface area contributed by atoms with E-state index < -0.39 is 0 Å². The predicted octanol–water partition coefficient (Wildman–Crippen LogP) is 4.86. The SMILES string of the molecule is COc1ccc(-n2nc(C)c(-c3cc(N4CCOC[C@H]4C)nc(-c4cc(F)cc5[nH]ccc45)n3)c2C)cn1. The van der Waals surface area contributed by atoms with Crippen molar-refractivity contribution in [2.45, 2.75) is 26.8 Å². The van der Waals surface area contributed by atoms with Gasteiger partial charge in [-0.05, 0) is 45.0 Å². The Hall–Kier alpha value is -4.31. The van der Waals surface area contributed by atoms with Crippen molar-refractivity contribution in [2.75, 3.05) is 31.8 Å². The number of rotatable bonds is 5. The maximum absolute atomic E-state index is 14.6. The number of pyridine rings is 1. The van der Waals surface area contributed by atoms with Crippen molar-refractivity contribution < 1.29 is 13.9 Å². The molecule has 0 spiro atoms. The molecule has 5 aromatic rings. The zero-order chi connectivity index (χ0) is 26.4. The summed E-state index contributed by atoms with van der Waals surface area (Å²) in [5.74, 6) is 1.41. The molecule has 10 heteroatoms. The lowest BCUT2D eigenvalue weighted by Gasteiger charge is -2.34. The number of hydrogen-bond acceptors (Lipinski definition) is 7. The van der Waals surface area contributed by atoms with Gasteiger partial charge in [0.15, 0.2) is 5.82 Å². The molecule has 1 N–H and O–H groups in total. The van der Waals surface area contributed by atoms with E-state index in [9.17, 15) is 4.39 Å². The van der Waals surface area contributed by atoms with Gasteiger partial charge >= 0.3 is 0 Å². The van der Waals surface area contributed by atoms with Crippen LogP contribution in [0.3, 0.4) is 0 Å². The van der Waals surface area contributed by atoms with Gasteiger partial charge in [0.05, 0.1) is 55.3 Å². The quantitative estimate of drug-likeness (QED) is 0.359. The number of nitrogens with one attached hydrogen (secondary N) is 1. The van der Waals surface area contributed by atoms with Gasteiger partial charge < -0.3 is 19.4 Å². The molecule has 38 heavy (non-hydrogen) atoms. The van der Waals surface area contributed by atoms with Gasteiger partial charge in [0.1, 0.15) is 11.6 Å². The molecule has 1 atom stereocenters. The number of aromatic amines is 1. The molecule has 4 aromatic heterocycles. The highest BCUT2D eigenvalue weighted by Gasteiger charge is 2.25. The first-order valence-electron chi connectivity index (χ1n) is 12.5. The van der Waals surface area contributed by atoms with E-state index in [2.05, 4.69) is 21.8 Å². The minimum Gasteiger partial charge on any atom is -0.481 e. The van der Waals surface area contributed by atoms with Crippen LogP contribution < -0.4 is 9.64 Å². The van der Waals surface area contributed by atoms with Crippen molar-refractivity contribution in [3.05, 3.63) is 66.0 Å². The van der Waals surface area contributed by atoms with Crippen LogP contribution in [-0.2, 0) is 4.74 Å². The van der Waals surface area contributed by atoms with E-state index in [1.807, 2.05) is 36.7 Å². The van der Waals surface area contributed by atoms with E-state index in [4.69, 9.17) is 24.5 Å². The number of fused-ring (bicyclic) bond motifs is 1. The third-order valence-corrected chi connectivity index (χ3v) is 6.97. The van der Waals surface area contributed by atoms with Gasteiger partial charge in [0, 0.05) is 46.9 Å². The van der Waals surface area contributed by atoms with Crippen molar-refractivity contribution >= 4 is 16.7 Å². The van der Waals surface area contributed by atoms with E-state index in [0.29, 0.717) is 42.5 Å². The van der Waals surface area contributed by atoms with Crippen LogP contribution in [0.4, 0.5) is 10.2 Å². The highest BCUT2D eigenvalue weighted by atomic mass is 19.1. The third kappa shape index (κ3) is 4.16. The standard InChI is InChI=1S/C28H28FN7O2/c1-16-15-38-10-9-35(16)25-13-24(32-28(33-25)22-11-19(29)12-23-21(22)7-8-30-23)27-17(2)34-36(18(27)3)20-5-6-26(37-4)31-14-20/h5-8,11-14,16,30H,9-10,15H2,1-4H3/t16-/m1/s1. The summed E-state index contributed by atoms with van der Waals surface area (Å²) in [6.07, 6.45) is 3.52. The first-order chi connectivity index (χ1) is 18.4. The minimum atomic E-state index is -0.350. The largest absolute Gasteiger partial charge is 0.481 e. The van der Waals surface area contributed by atoms with Gasteiger partial charge in [-0.3, -0.25) is 0 Å². The van der Waals surface area contributed by atoms with Crippen molar-refractivity contribution in [2.24, 2.45) is 0 Å². The average molecular weight is 514 g/mol. The van der Waals surface area contributed by atoms with Gasteiger partial charge in [-0.1, -0.05) is 0 Å². The number of hydrogen-bond donors (Lipinski definition) is 1. The molecule has 1 fully saturated rings. The number of nitrogens with zero attached hydrogens (tertiary/aromatic N) is 6. The van der Waals surface area contributed by atoms with Crippen LogP contribution >= 0.6 is 0 Å². The summed E-state index contributed by atoms with van der Waals surface area (Å²) in [6.45, 7) is 8.00. The second kappa shape index (κ2) is 9.53. The molecule has 0 bridgehead atoms. The summed E-state index contributed by atoms with van der Waals surface area (Å²) < 4.78 is 27.4. The Morgan fingerprint density at radius 1 is 1.13 bits per heavy atom. The first-order valence-corrected chi connectivity index (χ1v) is 12.5. The second-order valence-electron chi connectivity index (χ2n) is 9.46. The van der Waals surface area contributed by atoms with Crippen LogP contribution in [0, 0.1) is 19.7 Å². The number of aryl methyl sites for hydroxylation is 1. The number of morpholine rings is 1. The number of H-pyrrole nitrogens is 1. The van der Waals surface area contributed by atoms with Crippen molar-refractivity contribution in [3.8, 4) is 34.2 Å². The fourth-order valence-electron chi connectivity index (χ4n) is 5.10. The predicted molar refractivity (Wildman–Crippen MR) is 143 cm³/mol. The molecule has 0 radical (unpaired) electrons. The Balaban J connectivity index is 1.54. The topological polar surface area (TPSA) is 94.0 Å². The number of halogens is 1. The van der Waals surface area contributed by atoms with Crippen molar-refractivity contribution in [1.29, 1.82) is 0 Å². The molecule has 0 saturated carbocycles. The fourth-order valence-corrected chi connectivity index (χ4v) is 5.10. The second-order valence-corrected chi connectivity index (χ2v) is 9.46. The summed E-state index contributed by atoms with van der Waals surface area (Å²) >= 11 is 0.